The molecule has 2 aliphatic rings. The van der Waals surface area contributed by atoms with Gasteiger partial charge in [0.25, 0.3) is 5.91 Å². The number of amides is 1. The Bertz CT molecular complexity index is 581. The van der Waals surface area contributed by atoms with E-state index in [1.54, 1.807) is 6.07 Å². The molecule has 1 atom stereocenters. The number of aliphatic carboxylic acids is 1. The third-order valence-corrected chi connectivity index (χ3v) is 4.83. The zero-order chi connectivity index (χ0) is 16.2. The highest BCUT2D eigenvalue weighted by Gasteiger charge is 2.32. The molecule has 1 aromatic rings. The lowest BCUT2D eigenvalue weighted by atomic mass is 10.0. The third-order valence-electron chi connectivity index (χ3n) is 4.83. The summed E-state index contributed by atoms with van der Waals surface area (Å²) < 4.78 is 0. The first kappa shape index (κ1) is 16.0. The summed E-state index contributed by atoms with van der Waals surface area (Å²) in [5, 5.41) is 9.35. The van der Waals surface area contributed by atoms with Gasteiger partial charge in [-0.3, -0.25) is 9.69 Å². The van der Waals surface area contributed by atoms with Crippen molar-refractivity contribution >= 4 is 11.9 Å². The number of benzene rings is 1. The smallest absolute Gasteiger partial charge is 0.326 e. The van der Waals surface area contributed by atoms with Crippen LogP contribution in [-0.2, 0) is 11.3 Å². The minimum atomic E-state index is -0.897. The largest absolute Gasteiger partial charge is 0.480 e. The minimum Gasteiger partial charge on any atom is -0.480 e. The van der Waals surface area contributed by atoms with Gasteiger partial charge in [0.1, 0.15) is 6.04 Å². The molecule has 1 unspecified atom stereocenters. The lowest BCUT2D eigenvalue weighted by Gasteiger charge is -2.33. The van der Waals surface area contributed by atoms with Crippen molar-refractivity contribution in [1.29, 1.82) is 0 Å². The van der Waals surface area contributed by atoms with Crippen LogP contribution in [0, 0.1) is 0 Å². The molecule has 5 nitrogen and oxygen atoms in total. The number of nitrogens with zero attached hydrogens (tertiary/aromatic N) is 2. The topological polar surface area (TPSA) is 60.9 Å². The van der Waals surface area contributed by atoms with Gasteiger partial charge in [0.2, 0.25) is 0 Å². The molecule has 0 spiro atoms. The van der Waals surface area contributed by atoms with Crippen LogP contribution in [0.2, 0.25) is 0 Å². The Labute approximate surface area is 136 Å². The quantitative estimate of drug-likeness (QED) is 0.926. The van der Waals surface area contributed by atoms with Crippen LogP contribution in [0.25, 0.3) is 0 Å². The Kier molecular flexibility index (Phi) is 4.96. The van der Waals surface area contributed by atoms with Gasteiger partial charge in [-0.25, -0.2) is 4.79 Å². The number of carbonyl (C=O) groups is 2. The number of likely N-dealkylation sites (tertiary alicyclic amines) is 2. The highest BCUT2D eigenvalue weighted by Crippen LogP contribution is 2.21. The van der Waals surface area contributed by atoms with E-state index in [0.717, 1.165) is 38.0 Å². The fourth-order valence-corrected chi connectivity index (χ4v) is 3.60. The highest BCUT2D eigenvalue weighted by atomic mass is 16.4. The first-order chi connectivity index (χ1) is 11.1. The van der Waals surface area contributed by atoms with Gasteiger partial charge in [-0.15, -0.1) is 0 Å². The van der Waals surface area contributed by atoms with E-state index in [1.807, 2.05) is 18.2 Å². The molecule has 0 radical (unpaired) electrons. The van der Waals surface area contributed by atoms with Crippen molar-refractivity contribution in [2.24, 2.45) is 0 Å². The molecule has 2 saturated heterocycles. The number of hydrogen-bond acceptors (Lipinski definition) is 3. The molecule has 0 bridgehead atoms. The molecule has 1 amide bonds. The van der Waals surface area contributed by atoms with Crippen LogP contribution in [0.4, 0.5) is 0 Å². The average molecular weight is 316 g/mol. The average Bonchev–Trinajstić information content (AvgIpc) is 3.07. The molecular weight excluding hydrogens is 292 g/mol. The molecule has 0 aromatic heterocycles. The lowest BCUT2D eigenvalue weighted by molar-refractivity contribution is -0.143. The van der Waals surface area contributed by atoms with Crippen LogP contribution < -0.4 is 0 Å². The predicted octanol–water partition coefficient (Wildman–Crippen LogP) is 2.36. The SMILES string of the molecule is O=C(O)C1CCCCN1C(=O)c1cccc(CN2CCCC2)c1. The number of carboxylic acid groups (broad SMARTS) is 1. The lowest BCUT2D eigenvalue weighted by Crippen LogP contribution is -2.48. The number of piperidine rings is 1. The molecule has 2 aliphatic heterocycles. The summed E-state index contributed by atoms with van der Waals surface area (Å²) in [5.41, 5.74) is 1.73. The van der Waals surface area contributed by atoms with Gasteiger partial charge in [0.05, 0.1) is 0 Å². The summed E-state index contributed by atoms with van der Waals surface area (Å²) in [6.07, 6.45) is 4.78. The summed E-state index contributed by atoms with van der Waals surface area (Å²) in [7, 11) is 0. The molecule has 2 fully saturated rings. The van der Waals surface area contributed by atoms with Crippen LogP contribution in [0.1, 0.15) is 48.0 Å². The van der Waals surface area contributed by atoms with Crippen molar-refractivity contribution in [2.75, 3.05) is 19.6 Å². The Hall–Kier alpha value is -1.88. The zero-order valence-corrected chi connectivity index (χ0v) is 13.4. The van der Waals surface area contributed by atoms with E-state index < -0.39 is 12.0 Å². The van der Waals surface area contributed by atoms with E-state index in [4.69, 9.17) is 0 Å². The Balaban J connectivity index is 1.74. The highest BCUT2D eigenvalue weighted by molar-refractivity contribution is 5.96. The first-order valence-electron chi connectivity index (χ1n) is 8.50. The van der Waals surface area contributed by atoms with Gasteiger partial charge < -0.3 is 10.0 Å². The van der Waals surface area contributed by atoms with E-state index >= 15 is 0 Å². The number of rotatable bonds is 4. The molecule has 0 aliphatic carbocycles. The van der Waals surface area contributed by atoms with Crippen LogP contribution >= 0.6 is 0 Å². The van der Waals surface area contributed by atoms with E-state index in [-0.39, 0.29) is 5.91 Å². The number of carbonyl (C=O) groups excluding carboxylic acids is 1. The van der Waals surface area contributed by atoms with Crippen LogP contribution in [0.15, 0.2) is 24.3 Å². The fraction of sp³-hybridized carbons (Fsp3) is 0.556. The first-order valence-corrected chi connectivity index (χ1v) is 8.50. The van der Waals surface area contributed by atoms with Gasteiger partial charge in [-0.2, -0.15) is 0 Å². The van der Waals surface area contributed by atoms with Gasteiger partial charge in [-0.1, -0.05) is 12.1 Å². The number of carboxylic acids is 1. The zero-order valence-electron chi connectivity index (χ0n) is 13.4. The van der Waals surface area contributed by atoms with E-state index in [1.165, 1.54) is 17.7 Å². The minimum absolute atomic E-state index is 0.152. The maximum Gasteiger partial charge on any atom is 0.326 e. The van der Waals surface area contributed by atoms with Gasteiger partial charge >= 0.3 is 5.97 Å². The van der Waals surface area contributed by atoms with Crippen molar-refractivity contribution in [3.8, 4) is 0 Å². The molecule has 5 heteroatoms. The molecule has 0 saturated carbocycles. The summed E-state index contributed by atoms with van der Waals surface area (Å²) in [6.45, 7) is 3.63. The molecule has 124 valence electrons. The summed E-state index contributed by atoms with van der Waals surface area (Å²) in [5.74, 6) is -1.05. The Morgan fingerprint density at radius 2 is 1.83 bits per heavy atom. The fourth-order valence-electron chi connectivity index (χ4n) is 3.60. The Morgan fingerprint density at radius 1 is 1.09 bits per heavy atom. The van der Waals surface area contributed by atoms with Crippen LogP contribution in [-0.4, -0.2) is 52.5 Å². The molecule has 1 N–H and O–H groups in total. The molecular formula is C18H24N2O3. The third kappa shape index (κ3) is 3.72. The normalized spacial score (nSPS) is 22.3. The van der Waals surface area contributed by atoms with Crippen molar-refractivity contribution in [1.82, 2.24) is 9.80 Å². The number of hydrogen-bond donors (Lipinski definition) is 1. The monoisotopic (exact) mass is 316 g/mol. The maximum atomic E-state index is 12.8. The van der Waals surface area contributed by atoms with Crippen molar-refractivity contribution in [2.45, 2.75) is 44.7 Å². The van der Waals surface area contributed by atoms with Crippen LogP contribution in [0.5, 0.6) is 0 Å². The summed E-state index contributed by atoms with van der Waals surface area (Å²) >= 11 is 0. The van der Waals surface area contributed by atoms with E-state index in [9.17, 15) is 14.7 Å². The second-order valence-electron chi connectivity index (χ2n) is 6.53. The second-order valence-corrected chi connectivity index (χ2v) is 6.53. The van der Waals surface area contributed by atoms with E-state index in [2.05, 4.69) is 4.90 Å². The second kappa shape index (κ2) is 7.13. The van der Waals surface area contributed by atoms with Gasteiger partial charge in [0.15, 0.2) is 0 Å². The summed E-state index contributed by atoms with van der Waals surface area (Å²) in [6, 6.07) is 6.98. The van der Waals surface area contributed by atoms with Gasteiger partial charge in [0, 0.05) is 18.7 Å². The molecule has 3 rings (SSSR count). The van der Waals surface area contributed by atoms with Crippen molar-refractivity contribution < 1.29 is 14.7 Å². The predicted molar refractivity (Wildman–Crippen MR) is 87.3 cm³/mol. The molecule has 2 heterocycles. The van der Waals surface area contributed by atoms with E-state index in [0.29, 0.717) is 18.5 Å². The summed E-state index contributed by atoms with van der Waals surface area (Å²) in [4.78, 5) is 28.1. The van der Waals surface area contributed by atoms with Crippen molar-refractivity contribution in [3.05, 3.63) is 35.4 Å². The maximum absolute atomic E-state index is 12.8. The standard InChI is InChI=1S/C18H24N2O3/c21-17(20-11-2-1-8-16(20)18(22)23)15-7-5-6-14(12-15)13-19-9-3-4-10-19/h5-7,12,16H,1-4,8-11,13H2,(H,22,23). The molecule has 23 heavy (non-hydrogen) atoms. The van der Waals surface area contributed by atoms with Crippen molar-refractivity contribution in [3.63, 3.8) is 0 Å². The Morgan fingerprint density at radius 3 is 2.57 bits per heavy atom. The molecule has 1 aromatic carbocycles. The van der Waals surface area contributed by atoms with Crippen LogP contribution in [0.3, 0.4) is 0 Å². The van der Waals surface area contributed by atoms with Gasteiger partial charge in [-0.05, 0) is 62.9 Å².